The van der Waals surface area contributed by atoms with E-state index in [0.29, 0.717) is 17.0 Å². The van der Waals surface area contributed by atoms with Crippen molar-refractivity contribution in [1.82, 2.24) is 9.97 Å². The van der Waals surface area contributed by atoms with E-state index in [4.69, 9.17) is 0 Å². The molecule has 2 aromatic heterocycles. The molecule has 1 N–H and O–H groups in total. The summed E-state index contributed by atoms with van der Waals surface area (Å²) < 4.78 is 27.4. The van der Waals surface area contributed by atoms with E-state index in [9.17, 15) is 8.78 Å². The molecule has 1 aromatic carbocycles. The molecule has 0 spiro atoms. The molecule has 0 aliphatic carbocycles. The first-order valence-electron chi connectivity index (χ1n) is 7.41. The first-order valence-corrected chi connectivity index (χ1v) is 8.29. The molecule has 3 rings (SSSR count). The van der Waals surface area contributed by atoms with Gasteiger partial charge in [-0.2, -0.15) is 0 Å². The average Bonchev–Trinajstić information content (AvgIpc) is 2.98. The van der Waals surface area contributed by atoms with Crippen molar-refractivity contribution in [3.63, 3.8) is 0 Å². The minimum absolute atomic E-state index is 0.0734. The molecule has 120 valence electrons. The molecule has 0 saturated carbocycles. The highest BCUT2D eigenvalue weighted by Gasteiger charge is 2.14. The largest absolute Gasteiger partial charge is 0.376 e. The third-order valence-electron chi connectivity index (χ3n) is 3.61. The van der Waals surface area contributed by atoms with Crippen LogP contribution in [-0.4, -0.2) is 9.97 Å². The Morgan fingerprint density at radius 3 is 2.65 bits per heavy atom. The normalized spacial score (nSPS) is 12.8. The van der Waals surface area contributed by atoms with Gasteiger partial charge in [0.25, 0.3) is 0 Å². The van der Waals surface area contributed by atoms with Crippen molar-refractivity contribution in [2.24, 2.45) is 0 Å². The van der Waals surface area contributed by atoms with Gasteiger partial charge < -0.3 is 5.32 Å². The number of aromatic nitrogens is 2. The summed E-state index contributed by atoms with van der Waals surface area (Å²) in [5.74, 6) is -0.896. The van der Waals surface area contributed by atoms with Crippen LogP contribution < -0.4 is 5.32 Å². The highest BCUT2D eigenvalue weighted by atomic mass is 32.1. The molecule has 6 heteroatoms. The molecule has 0 aliphatic rings. The maximum Gasteiger partial charge on any atom is 0.152 e. The number of halogens is 2. The van der Waals surface area contributed by atoms with Gasteiger partial charge in [-0.15, -0.1) is 11.3 Å². The molecule has 2 heterocycles. The molecule has 0 aliphatic heterocycles. The first kappa shape index (κ1) is 15.8. The third-order valence-corrected chi connectivity index (χ3v) is 4.78. The zero-order chi connectivity index (χ0) is 16.6. The quantitative estimate of drug-likeness (QED) is 0.707. The number of hydrogen-bond acceptors (Lipinski definition) is 4. The zero-order valence-electron chi connectivity index (χ0n) is 13.1. The summed E-state index contributed by atoms with van der Waals surface area (Å²) in [5.41, 5.74) is 1.71. The fourth-order valence-electron chi connectivity index (χ4n) is 2.38. The van der Waals surface area contributed by atoms with Gasteiger partial charge in [0, 0.05) is 34.6 Å². The van der Waals surface area contributed by atoms with Crippen LogP contribution in [0.3, 0.4) is 0 Å². The van der Waals surface area contributed by atoms with Gasteiger partial charge in [-0.25, -0.2) is 13.8 Å². The predicted octanol–water partition coefficient (Wildman–Crippen LogP) is 5.27. The van der Waals surface area contributed by atoms with Gasteiger partial charge in [-0.1, -0.05) is 13.8 Å². The van der Waals surface area contributed by atoms with E-state index in [-0.39, 0.29) is 11.6 Å². The molecule has 0 fully saturated rings. The fourth-order valence-corrected chi connectivity index (χ4v) is 3.31. The highest BCUT2D eigenvalue weighted by molar-refractivity contribution is 7.09. The Morgan fingerprint density at radius 2 is 1.96 bits per heavy atom. The third kappa shape index (κ3) is 3.17. The minimum Gasteiger partial charge on any atom is -0.376 e. The Morgan fingerprint density at radius 1 is 1.17 bits per heavy atom. The lowest BCUT2D eigenvalue weighted by Crippen LogP contribution is -2.08. The van der Waals surface area contributed by atoms with E-state index >= 15 is 0 Å². The summed E-state index contributed by atoms with van der Waals surface area (Å²) >= 11 is 1.62. The second-order valence-corrected chi connectivity index (χ2v) is 6.66. The lowest BCUT2D eigenvalue weighted by Gasteiger charge is -2.15. The van der Waals surface area contributed by atoms with E-state index in [0.717, 1.165) is 16.8 Å². The summed E-state index contributed by atoms with van der Waals surface area (Å²) in [6, 6.07) is 3.78. The summed E-state index contributed by atoms with van der Waals surface area (Å²) in [6.07, 6.45) is 1.51. The van der Waals surface area contributed by atoms with Crippen LogP contribution >= 0.6 is 11.3 Å². The second kappa shape index (κ2) is 6.20. The lowest BCUT2D eigenvalue weighted by atomic mass is 10.1. The van der Waals surface area contributed by atoms with Crippen LogP contribution in [0, 0.1) is 11.6 Å². The van der Waals surface area contributed by atoms with Gasteiger partial charge in [0.05, 0.1) is 16.7 Å². The van der Waals surface area contributed by atoms with Crippen LogP contribution in [0.2, 0.25) is 0 Å². The van der Waals surface area contributed by atoms with Gasteiger partial charge >= 0.3 is 0 Å². The number of thiazole rings is 1. The van der Waals surface area contributed by atoms with Gasteiger partial charge in [0.1, 0.15) is 11.3 Å². The van der Waals surface area contributed by atoms with Crippen molar-refractivity contribution < 1.29 is 8.78 Å². The average molecular weight is 333 g/mol. The van der Waals surface area contributed by atoms with Crippen molar-refractivity contribution in [3.8, 4) is 0 Å². The van der Waals surface area contributed by atoms with E-state index < -0.39 is 11.6 Å². The van der Waals surface area contributed by atoms with Gasteiger partial charge in [-0.3, -0.25) is 4.98 Å². The van der Waals surface area contributed by atoms with E-state index in [1.165, 1.54) is 12.3 Å². The molecule has 1 atom stereocenters. The first-order chi connectivity index (χ1) is 11.0. The topological polar surface area (TPSA) is 37.8 Å². The summed E-state index contributed by atoms with van der Waals surface area (Å²) in [4.78, 5) is 8.61. The SMILES string of the molecule is CC(C)c1nc(C(C)Nc2ccnc3c(F)cc(F)cc23)cs1. The van der Waals surface area contributed by atoms with Crippen LogP contribution in [0.5, 0.6) is 0 Å². The predicted molar refractivity (Wildman–Crippen MR) is 89.9 cm³/mol. The molecule has 23 heavy (non-hydrogen) atoms. The Kier molecular flexibility index (Phi) is 4.26. The van der Waals surface area contributed by atoms with Crippen molar-refractivity contribution >= 4 is 27.9 Å². The standard InChI is InChI=1S/C17H17F2N3S/c1-9(2)17-22-15(8-23-17)10(3)21-14-4-5-20-16-12(14)6-11(18)7-13(16)19/h4-10H,1-3H3,(H,20,21). The Balaban J connectivity index is 1.94. The lowest BCUT2D eigenvalue weighted by molar-refractivity contribution is 0.590. The Bertz CT molecular complexity index is 845. The van der Waals surface area contributed by atoms with Crippen LogP contribution in [0.15, 0.2) is 29.8 Å². The Hall–Kier alpha value is -2.08. The van der Waals surface area contributed by atoms with Crippen LogP contribution in [0.4, 0.5) is 14.5 Å². The minimum atomic E-state index is -0.660. The number of pyridine rings is 1. The Labute approximate surface area is 137 Å². The molecular formula is C17H17F2N3S. The monoisotopic (exact) mass is 333 g/mol. The van der Waals surface area contributed by atoms with Gasteiger partial charge in [0.2, 0.25) is 0 Å². The second-order valence-electron chi connectivity index (χ2n) is 5.77. The number of rotatable bonds is 4. The molecule has 3 aromatic rings. The van der Waals surface area contributed by atoms with Crippen molar-refractivity contribution in [2.75, 3.05) is 5.32 Å². The van der Waals surface area contributed by atoms with Gasteiger partial charge in [-0.05, 0) is 19.1 Å². The number of fused-ring (bicyclic) bond motifs is 1. The smallest absolute Gasteiger partial charge is 0.152 e. The maximum absolute atomic E-state index is 13.8. The molecule has 0 bridgehead atoms. The number of anilines is 1. The molecule has 0 amide bonds. The van der Waals surface area contributed by atoms with Crippen LogP contribution in [0.25, 0.3) is 10.9 Å². The van der Waals surface area contributed by atoms with Crippen LogP contribution in [0.1, 0.15) is 43.4 Å². The van der Waals surface area contributed by atoms with E-state index in [1.807, 2.05) is 12.3 Å². The van der Waals surface area contributed by atoms with Crippen molar-refractivity contribution in [1.29, 1.82) is 0 Å². The highest BCUT2D eigenvalue weighted by Crippen LogP contribution is 2.29. The van der Waals surface area contributed by atoms with Crippen molar-refractivity contribution in [3.05, 3.63) is 52.1 Å². The fraction of sp³-hybridized carbons (Fsp3) is 0.294. The molecule has 0 radical (unpaired) electrons. The van der Waals surface area contributed by atoms with Crippen LogP contribution in [-0.2, 0) is 0 Å². The zero-order valence-corrected chi connectivity index (χ0v) is 13.9. The van der Waals surface area contributed by atoms with Gasteiger partial charge in [0.15, 0.2) is 5.82 Å². The summed E-state index contributed by atoms with van der Waals surface area (Å²) in [6.45, 7) is 6.17. The number of benzene rings is 1. The number of nitrogens with one attached hydrogen (secondary N) is 1. The number of hydrogen-bond donors (Lipinski definition) is 1. The maximum atomic E-state index is 13.8. The molecular weight excluding hydrogens is 316 g/mol. The molecule has 3 nitrogen and oxygen atoms in total. The van der Waals surface area contributed by atoms with E-state index in [1.54, 1.807) is 17.4 Å². The molecule has 0 saturated heterocycles. The number of nitrogens with zero attached hydrogens (tertiary/aromatic N) is 2. The van der Waals surface area contributed by atoms with Crippen molar-refractivity contribution in [2.45, 2.75) is 32.7 Å². The molecule has 1 unspecified atom stereocenters. The van der Waals surface area contributed by atoms with E-state index in [2.05, 4.69) is 29.1 Å². The summed E-state index contributed by atoms with van der Waals surface area (Å²) in [7, 11) is 0. The summed E-state index contributed by atoms with van der Waals surface area (Å²) in [5, 5.41) is 6.79.